The van der Waals surface area contributed by atoms with E-state index in [-0.39, 0.29) is 16.9 Å². The first-order chi connectivity index (χ1) is 12.4. The summed E-state index contributed by atoms with van der Waals surface area (Å²) in [7, 11) is -3.78. The van der Waals surface area contributed by atoms with Gasteiger partial charge in [0.05, 0.1) is 6.04 Å². The zero-order valence-electron chi connectivity index (χ0n) is 14.2. The van der Waals surface area contributed by atoms with Crippen LogP contribution in [0.25, 0.3) is 0 Å². The van der Waals surface area contributed by atoms with E-state index in [1.165, 1.54) is 25.1 Å². The molecule has 2 aliphatic rings. The van der Waals surface area contributed by atoms with Gasteiger partial charge in [0.2, 0.25) is 0 Å². The van der Waals surface area contributed by atoms with E-state index in [9.17, 15) is 13.7 Å². The fourth-order valence-corrected chi connectivity index (χ4v) is 5.93. The van der Waals surface area contributed by atoms with Crippen molar-refractivity contribution in [2.24, 2.45) is 10.3 Å². The van der Waals surface area contributed by atoms with Crippen LogP contribution in [-0.4, -0.2) is 56.7 Å². The minimum atomic E-state index is -3.78. The molecule has 9 heteroatoms. The minimum Gasteiger partial charge on any atom is -0.306 e. The average molecular weight is 504 g/mol. The highest BCUT2D eigenvalue weighted by atomic mass is 79.9. The summed E-state index contributed by atoms with van der Waals surface area (Å²) < 4.78 is 30.1. The number of benzene rings is 1. The molecule has 0 unspecified atom stereocenters. The quantitative estimate of drug-likeness (QED) is 0.455. The fraction of sp³-hybridized carbons (Fsp3) is 0.529. The van der Waals surface area contributed by atoms with Gasteiger partial charge < -0.3 is 9.80 Å². The third-order valence-electron chi connectivity index (χ3n) is 4.82. The Morgan fingerprint density at radius 2 is 2.04 bits per heavy atom. The Labute approximate surface area is 171 Å². The number of sulfonamides is 1. The van der Waals surface area contributed by atoms with Crippen LogP contribution in [0.2, 0.25) is 0 Å². The molecule has 2 heterocycles. The summed E-state index contributed by atoms with van der Waals surface area (Å²) in [6, 6.07) is 5.10. The number of likely N-dealkylation sites (tertiary alicyclic amines) is 2. The van der Waals surface area contributed by atoms with E-state index in [4.69, 9.17) is 0 Å². The number of hydrogen-bond acceptors (Lipinski definition) is 5. The summed E-state index contributed by atoms with van der Waals surface area (Å²) in [6.07, 6.45) is 6.92. The van der Waals surface area contributed by atoms with Crippen molar-refractivity contribution < 1.29 is 8.42 Å². The predicted octanol–water partition coefficient (Wildman–Crippen LogP) is 3.24. The Morgan fingerprint density at radius 3 is 2.73 bits per heavy atom. The van der Waals surface area contributed by atoms with Crippen LogP contribution in [0.1, 0.15) is 19.3 Å². The van der Waals surface area contributed by atoms with E-state index >= 15 is 0 Å². The van der Waals surface area contributed by atoms with E-state index < -0.39 is 10.0 Å². The van der Waals surface area contributed by atoms with Crippen molar-refractivity contribution in [1.82, 2.24) is 9.80 Å². The molecular formula is C17H20Br2N4O2S. The summed E-state index contributed by atoms with van der Waals surface area (Å²) in [5.74, 6) is -0.0389. The zero-order valence-corrected chi connectivity index (χ0v) is 18.2. The van der Waals surface area contributed by atoms with Crippen molar-refractivity contribution in [3.8, 4) is 6.19 Å². The van der Waals surface area contributed by atoms with Crippen LogP contribution in [0.15, 0.2) is 36.4 Å². The first kappa shape index (κ1) is 19.8. The highest BCUT2D eigenvalue weighted by Crippen LogP contribution is 2.28. The molecule has 3 rings (SSSR count). The molecule has 0 radical (unpaired) electrons. The summed E-state index contributed by atoms with van der Waals surface area (Å²) in [5, 5.41) is 9.38. The van der Waals surface area contributed by atoms with Gasteiger partial charge in [-0.25, -0.2) is 0 Å². The lowest BCUT2D eigenvalue weighted by Crippen LogP contribution is -2.36. The molecule has 26 heavy (non-hydrogen) atoms. The Hall–Kier alpha value is -0.950. The summed E-state index contributed by atoms with van der Waals surface area (Å²) in [6.45, 7) is 3.55. The van der Waals surface area contributed by atoms with E-state index in [1.54, 1.807) is 17.0 Å². The van der Waals surface area contributed by atoms with Crippen LogP contribution in [0.5, 0.6) is 0 Å². The van der Waals surface area contributed by atoms with Gasteiger partial charge in [0, 0.05) is 34.2 Å². The highest BCUT2D eigenvalue weighted by Gasteiger charge is 2.33. The molecule has 0 N–H and O–H groups in total. The van der Waals surface area contributed by atoms with Crippen LogP contribution in [0.3, 0.4) is 0 Å². The maximum atomic E-state index is 12.5. The molecule has 2 aliphatic heterocycles. The van der Waals surface area contributed by atoms with Gasteiger partial charge in [0.15, 0.2) is 6.19 Å². The van der Waals surface area contributed by atoms with Gasteiger partial charge in [-0.3, -0.25) is 0 Å². The van der Waals surface area contributed by atoms with Crippen molar-refractivity contribution in [2.45, 2.75) is 30.2 Å². The van der Waals surface area contributed by atoms with Crippen molar-refractivity contribution in [3.63, 3.8) is 0 Å². The maximum Gasteiger partial charge on any atom is 0.283 e. The Bertz CT molecular complexity index is 832. The molecular weight excluding hydrogens is 484 g/mol. The van der Waals surface area contributed by atoms with E-state index in [2.05, 4.69) is 47.4 Å². The minimum absolute atomic E-state index is 0.0389. The fourth-order valence-electron chi connectivity index (χ4n) is 3.52. The lowest BCUT2D eigenvalue weighted by atomic mass is 10.1. The van der Waals surface area contributed by atoms with Gasteiger partial charge >= 0.3 is 0 Å². The smallest absolute Gasteiger partial charge is 0.283 e. The Morgan fingerprint density at radius 1 is 1.31 bits per heavy atom. The van der Waals surface area contributed by atoms with E-state index in [0.29, 0.717) is 15.5 Å². The standard InChI is InChI=1S/C17H20Br2N4O2S/c18-14-3-4-16(19)17(8-14)26(24,25)21-9-13-7-15(23(10-13)12-20)11-22-5-1-2-6-22/h3-4,8-9,13,15H,1-2,5-7,10-11H2/b21-9+/t13-,15+/m0/s1. The Balaban J connectivity index is 1.70. The summed E-state index contributed by atoms with van der Waals surface area (Å²) >= 11 is 6.56. The van der Waals surface area contributed by atoms with E-state index in [1.807, 2.05) is 0 Å². The highest BCUT2D eigenvalue weighted by molar-refractivity contribution is 9.11. The van der Waals surface area contributed by atoms with Crippen molar-refractivity contribution in [1.29, 1.82) is 5.26 Å². The molecule has 0 spiro atoms. The number of rotatable bonds is 5. The molecule has 0 amide bonds. The number of nitriles is 1. The lowest BCUT2D eigenvalue weighted by molar-refractivity contribution is 0.243. The first-order valence-corrected chi connectivity index (χ1v) is 11.6. The molecule has 6 nitrogen and oxygen atoms in total. The summed E-state index contributed by atoms with van der Waals surface area (Å²) in [4.78, 5) is 4.27. The van der Waals surface area contributed by atoms with Gasteiger partial charge in [0.1, 0.15) is 4.90 Å². The molecule has 2 fully saturated rings. The molecule has 0 saturated carbocycles. The van der Waals surface area contributed by atoms with Crippen LogP contribution < -0.4 is 0 Å². The van der Waals surface area contributed by atoms with Crippen molar-refractivity contribution in [2.75, 3.05) is 26.2 Å². The molecule has 0 bridgehead atoms. The van der Waals surface area contributed by atoms with Gasteiger partial charge in [0.25, 0.3) is 10.0 Å². The third kappa shape index (κ3) is 4.66. The second-order valence-electron chi connectivity index (χ2n) is 6.71. The molecule has 2 atom stereocenters. The van der Waals surface area contributed by atoms with Crippen LogP contribution >= 0.6 is 31.9 Å². The van der Waals surface area contributed by atoms with Gasteiger partial charge in [-0.2, -0.15) is 18.1 Å². The van der Waals surface area contributed by atoms with Crippen LogP contribution in [0, 0.1) is 17.4 Å². The largest absolute Gasteiger partial charge is 0.306 e. The van der Waals surface area contributed by atoms with Crippen molar-refractivity contribution >= 4 is 48.1 Å². The molecule has 1 aromatic carbocycles. The second-order valence-corrected chi connectivity index (χ2v) is 10.1. The average Bonchev–Trinajstić information content (AvgIpc) is 3.25. The van der Waals surface area contributed by atoms with Crippen molar-refractivity contribution in [3.05, 3.63) is 27.1 Å². The third-order valence-corrected chi connectivity index (χ3v) is 7.56. The number of halogens is 2. The Kier molecular flexibility index (Phi) is 6.38. The van der Waals surface area contributed by atoms with E-state index in [0.717, 1.165) is 26.1 Å². The number of hydrogen-bond donors (Lipinski definition) is 0. The van der Waals surface area contributed by atoms with Crippen LogP contribution in [-0.2, 0) is 10.0 Å². The lowest BCUT2D eigenvalue weighted by Gasteiger charge is -2.23. The van der Waals surface area contributed by atoms with Gasteiger partial charge in [-0.1, -0.05) is 15.9 Å². The molecule has 0 aliphatic carbocycles. The predicted molar refractivity (Wildman–Crippen MR) is 107 cm³/mol. The molecule has 2 saturated heterocycles. The molecule has 140 valence electrons. The number of nitrogens with zero attached hydrogens (tertiary/aromatic N) is 4. The molecule has 1 aromatic rings. The monoisotopic (exact) mass is 502 g/mol. The topological polar surface area (TPSA) is 76.8 Å². The van der Waals surface area contributed by atoms with Crippen LogP contribution in [0.4, 0.5) is 0 Å². The maximum absolute atomic E-state index is 12.5. The SMILES string of the molecule is N#CN1C[C@H](/C=N/S(=O)(=O)c2cc(Br)ccc2Br)C[C@@H]1CN1CCCC1. The normalized spacial score (nSPS) is 24.4. The zero-order chi connectivity index (χ0) is 18.7. The van der Waals surface area contributed by atoms with Gasteiger partial charge in [-0.05, 0) is 66.5 Å². The summed E-state index contributed by atoms with van der Waals surface area (Å²) in [5.41, 5.74) is 0. The van der Waals surface area contributed by atoms with Gasteiger partial charge in [-0.15, -0.1) is 0 Å². The first-order valence-electron chi connectivity index (χ1n) is 8.53. The molecule has 0 aromatic heterocycles. The second kappa shape index (κ2) is 8.38.